The van der Waals surface area contributed by atoms with Crippen molar-refractivity contribution in [3.63, 3.8) is 0 Å². The number of hydrogen-bond donors (Lipinski definition) is 1. The van der Waals surface area contributed by atoms with E-state index in [4.69, 9.17) is 0 Å². The van der Waals surface area contributed by atoms with Crippen LogP contribution in [0.5, 0.6) is 5.75 Å². The molecule has 2 rings (SSSR count). The zero-order chi connectivity index (χ0) is 9.26. The van der Waals surface area contributed by atoms with Crippen molar-refractivity contribution >= 4 is 5.69 Å². The van der Waals surface area contributed by atoms with Crippen LogP contribution in [-0.2, 0) is 0 Å². The summed E-state index contributed by atoms with van der Waals surface area (Å²) >= 11 is 0. The quantitative estimate of drug-likeness (QED) is 0.717. The maximum absolute atomic E-state index is 12.9. The predicted octanol–water partition coefficient (Wildman–Crippen LogP) is 2.13. The fourth-order valence-electron chi connectivity index (χ4n) is 1.72. The zero-order valence-electron chi connectivity index (χ0n) is 7.33. The van der Waals surface area contributed by atoms with Gasteiger partial charge in [0, 0.05) is 30.9 Å². The third-order valence-corrected chi connectivity index (χ3v) is 2.34. The van der Waals surface area contributed by atoms with Crippen LogP contribution in [0.3, 0.4) is 0 Å². The van der Waals surface area contributed by atoms with Crippen molar-refractivity contribution in [1.82, 2.24) is 0 Å². The molecule has 0 aliphatic carbocycles. The van der Waals surface area contributed by atoms with Gasteiger partial charge in [-0.2, -0.15) is 0 Å². The Morgan fingerprint density at radius 3 is 2.46 bits per heavy atom. The summed E-state index contributed by atoms with van der Waals surface area (Å²) in [5, 5.41) is 9.19. The minimum Gasteiger partial charge on any atom is -0.508 e. The molecule has 13 heavy (non-hydrogen) atoms. The Balaban J connectivity index is 2.28. The van der Waals surface area contributed by atoms with E-state index in [0.717, 1.165) is 37.7 Å². The molecule has 0 amide bonds. The summed E-state index contributed by atoms with van der Waals surface area (Å²) in [6.45, 7) is 1.92. The molecule has 2 nitrogen and oxygen atoms in total. The summed E-state index contributed by atoms with van der Waals surface area (Å²) in [5.74, 6) is -0.371. The highest BCUT2D eigenvalue weighted by Crippen LogP contribution is 2.25. The lowest BCUT2D eigenvalue weighted by molar-refractivity contribution is 0.469. The Morgan fingerprint density at radius 1 is 1.15 bits per heavy atom. The smallest absolute Gasteiger partial charge is 0.128 e. The van der Waals surface area contributed by atoms with E-state index in [1.807, 2.05) is 0 Å². The monoisotopic (exact) mass is 181 g/mol. The summed E-state index contributed by atoms with van der Waals surface area (Å²) < 4.78 is 12.9. The minimum atomic E-state index is -0.373. The SMILES string of the molecule is Oc1cc(F)cc(N2CCCC2)c1. The first-order valence-corrected chi connectivity index (χ1v) is 4.50. The number of benzene rings is 1. The maximum atomic E-state index is 12.9. The Kier molecular flexibility index (Phi) is 2.08. The van der Waals surface area contributed by atoms with Crippen LogP contribution in [0, 0.1) is 5.82 Å². The van der Waals surface area contributed by atoms with Crippen LogP contribution in [0.2, 0.25) is 0 Å². The van der Waals surface area contributed by atoms with Gasteiger partial charge in [-0.3, -0.25) is 0 Å². The molecule has 1 aliphatic heterocycles. The van der Waals surface area contributed by atoms with Crippen LogP contribution in [0.25, 0.3) is 0 Å². The summed E-state index contributed by atoms with van der Waals surface area (Å²) in [6.07, 6.45) is 2.30. The lowest BCUT2D eigenvalue weighted by Gasteiger charge is -2.17. The number of hydrogen-bond acceptors (Lipinski definition) is 2. The predicted molar refractivity (Wildman–Crippen MR) is 49.5 cm³/mol. The molecular formula is C10H12FNO. The van der Waals surface area contributed by atoms with Gasteiger partial charge in [0.15, 0.2) is 0 Å². The molecule has 1 fully saturated rings. The van der Waals surface area contributed by atoms with E-state index in [9.17, 15) is 9.50 Å². The number of nitrogens with zero attached hydrogens (tertiary/aromatic N) is 1. The number of rotatable bonds is 1. The number of halogens is 1. The van der Waals surface area contributed by atoms with Gasteiger partial charge in [0.2, 0.25) is 0 Å². The van der Waals surface area contributed by atoms with Crippen LogP contribution in [0.4, 0.5) is 10.1 Å². The Bertz CT molecular complexity index is 288. The normalized spacial score (nSPS) is 16.5. The Labute approximate surface area is 76.6 Å². The molecule has 1 heterocycles. The van der Waals surface area contributed by atoms with Gasteiger partial charge in [0.1, 0.15) is 11.6 Å². The second-order valence-electron chi connectivity index (χ2n) is 3.36. The van der Waals surface area contributed by atoms with Crippen molar-refractivity contribution < 1.29 is 9.50 Å². The minimum absolute atomic E-state index is 0.00176. The van der Waals surface area contributed by atoms with Crippen LogP contribution >= 0.6 is 0 Å². The fraction of sp³-hybridized carbons (Fsp3) is 0.400. The van der Waals surface area contributed by atoms with E-state index >= 15 is 0 Å². The first-order valence-electron chi connectivity index (χ1n) is 4.50. The van der Waals surface area contributed by atoms with E-state index in [1.54, 1.807) is 6.07 Å². The van der Waals surface area contributed by atoms with Gasteiger partial charge in [0.05, 0.1) is 0 Å². The first kappa shape index (κ1) is 8.35. The Hall–Kier alpha value is -1.25. The van der Waals surface area contributed by atoms with Gasteiger partial charge in [-0.1, -0.05) is 0 Å². The van der Waals surface area contributed by atoms with Gasteiger partial charge < -0.3 is 10.0 Å². The standard InChI is InChI=1S/C10H12FNO/c11-8-5-9(7-10(13)6-8)12-3-1-2-4-12/h5-7,13H,1-4H2. The largest absolute Gasteiger partial charge is 0.508 e. The average molecular weight is 181 g/mol. The van der Waals surface area contributed by atoms with Crippen molar-refractivity contribution in [3.05, 3.63) is 24.0 Å². The average Bonchev–Trinajstić information content (AvgIpc) is 2.53. The van der Waals surface area contributed by atoms with Gasteiger partial charge in [0.25, 0.3) is 0 Å². The molecule has 0 atom stereocenters. The molecule has 3 heteroatoms. The molecule has 0 spiro atoms. The van der Waals surface area contributed by atoms with E-state index in [1.165, 1.54) is 6.07 Å². The zero-order valence-corrected chi connectivity index (χ0v) is 7.33. The number of anilines is 1. The molecule has 70 valence electrons. The molecule has 1 aromatic rings. The van der Waals surface area contributed by atoms with Crippen LogP contribution < -0.4 is 4.90 Å². The highest BCUT2D eigenvalue weighted by molar-refractivity contribution is 5.51. The van der Waals surface area contributed by atoms with Gasteiger partial charge in [-0.25, -0.2) is 4.39 Å². The van der Waals surface area contributed by atoms with Gasteiger partial charge in [-0.05, 0) is 18.9 Å². The molecular weight excluding hydrogens is 169 g/mol. The third-order valence-electron chi connectivity index (χ3n) is 2.34. The maximum Gasteiger partial charge on any atom is 0.128 e. The topological polar surface area (TPSA) is 23.5 Å². The Morgan fingerprint density at radius 2 is 1.85 bits per heavy atom. The highest BCUT2D eigenvalue weighted by atomic mass is 19.1. The van der Waals surface area contributed by atoms with Crippen molar-refractivity contribution in [3.8, 4) is 5.75 Å². The summed E-state index contributed by atoms with van der Waals surface area (Å²) in [4.78, 5) is 2.09. The van der Waals surface area contributed by atoms with Crippen molar-refractivity contribution in [1.29, 1.82) is 0 Å². The number of phenols is 1. The second-order valence-corrected chi connectivity index (χ2v) is 3.36. The van der Waals surface area contributed by atoms with Crippen LogP contribution in [-0.4, -0.2) is 18.2 Å². The molecule has 1 aromatic carbocycles. The van der Waals surface area contributed by atoms with Crippen molar-refractivity contribution in [2.45, 2.75) is 12.8 Å². The molecule has 0 radical (unpaired) electrons. The van der Waals surface area contributed by atoms with E-state index in [0.29, 0.717) is 0 Å². The molecule has 0 bridgehead atoms. The first-order chi connectivity index (χ1) is 6.25. The van der Waals surface area contributed by atoms with Gasteiger partial charge in [-0.15, -0.1) is 0 Å². The molecule has 0 saturated carbocycles. The van der Waals surface area contributed by atoms with Crippen LogP contribution in [0.15, 0.2) is 18.2 Å². The van der Waals surface area contributed by atoms with Crippen LogP contribution in [0.1, 0.15) is 12.8 Å². The summed E-state index contributed by atoms with van der Waals surface area (Å²) in [5.41, 5.74) is 0.787. The third kappa shape index (κ3) is 1.74. The van der Waals surface area contributed by atoms with E-state index < -0.39 is 0 Å². The fourth-order valence-corrected chi connectivity index (χ4v) is 1.72. The molecule has 1 aliphatic rings. The van der Waals surface area contributed by atoms with E-state index in [-0.39, 0.29) is 11.6 Å². The lowest BCUT2D eigenvalue weighted by atomic mass is 10.2. The summed E-state index contributed by atoms with van der Waals surface area (Å²) in [7, 11) is 0. The second kappa shape index (κ2) is 3.24. The lowest BCUT2D eigenvalue weighted by Crippen LogP contribution is -2.17. The molecule has 0 unspecified atom stereocenters. The molecule has 1 saturated heterocycles. The number of aromatic hydroxyl groups is 1. The van der Waals surface area contributed by atoms with Gasteiger partial charge >= 0.3 is 0 Å². The molecule has 0 aromatic heterocycles. The van der Waals surface area contributed by atoms with Crippen molar-refractivity contribution in [2.24, 2.45) is 0 Å². The summed E-state index contributed by atoms with van der Waals surface area (Å²) in [6, 6.07) is 4.19. The van der Waals surface area contributed by atoms with E-state index in [2.05, 4.69) is 4.90 Å². The molecule has 1 N–H and O–H groups in total. The number of phenolic OH excluding ortho intramolecular Hbond substituents is 1. The van der Waals surface area contributed by atoms with Crippen molar-refractivity contribution in [2.75, 3.05) is 18.0 Å². The highest BCUT2D eigenvalue weighted by Gasteiger charge is 2.13.